The van der Waals surface area contributed by atoms with E-state index in [1.165, 1.54) is 12.2 Å². The lowest BCUT2D eigenvalue weighted by Crippen LogP contribution is -2.36. The molecule has 1 amide bonds. The van der Waals surface area contributed by atoms with E-state index in [-0.39, 0.29) is 16.6 Å². The van der Waals surface area contributed by atoms with Crippen molar-refractivity contribution < 1.29 is 4.79 Å². The van der Waals surface area contributed by atoms with Crippen molar-refractivity contribution in [2.45, 2.75) is 44.3 Å². The van der Waals surface area contributed by atoms with Crippen LogP contribution >= 0.6 is 11.8 Å². The number of carbonyl (C=O) groups excluding carboxylic acids is 1. The van der Waals surface area contributed by atoms with Gasteiger partial charge in [-0.1, -0.05) is 13.8 Å². The molecule has 0 spiro atoms. The van der Waals surface area contributed by atoms with Crippen molar-refractivity contribution in [3.8, 4) is 0 Å². The summed E-state index contributed by atoms with van der Waals surface area (Å²) in [5.41, 5.74) is 3.99. The molecule has 1 unspecified atom stereocenters. The number of hydrazine groups is 1. The average Bonchev–Trinajstić information content (AvgIpc) is 2.91. The summed E-state index contributed by atoms with van der Waals surface area (Å²) < 4.78 is 0.165. The number of nitrogen functional groups attached to an aromatic ring is 1. The van der Waals surface area contributed by atoms with Crippen molar-refractivity contribution in [1.82, 2.24) is 10.3 Å². The monoisotopic (exact) mass is 308 g/mol. The molecule has 2 heterocycles. The largest absolute Gasteiger partial charge is 0.351 e. The minimum absolute atomic E-state index is 0.0653. The van der Waals surface area contributed by atoms with Crippen molar-refractivity contribution in [3.05, 3.63) is 23.4 Å². The summed E-state index contributed by atoms with van der Waals surface area (Å²) in [7, 11) is 0. The quantitative estimate of drug-likeness (QED) is 0.575. The van der Waals surface area contributed by atoms with Crippen LogP contribution in [-0.4, -0.2) is 27.9 Å². The third-order valence-corrected chi connectivity index (χ3v) is 5.31. The molecule has 2 rings (SSSR count). The highest BCUT2D eigenvalue weighted by atomic mass is 32.2. The Morgan fingerprint density at radius 1 is 1.52 bits per heavy atom. The van der Waals surface area contributed by atoms with Crippen LogP contribution in [-0.2, 0) is 0 Å². The maximum atomic E-state index is 12.4. The van der Waals surface area contributed by atoms with Crippen LogP contribution in [0.1, 0.15) is 55.6 Å². The van der Waals surface area contributed by atoms with E-state index in [0.29, 0.717) is 17.9 Å². The molecule has 1 fully saturated rings. The van der Waals surface area contributed by atoms with E-state index in [1.807, 2.05) is 31.7 Å². The van der Waals surface area contributed by atoms with E-state index in [2.05, 4.69) is 22.7 Å². The van der Waals surface area contributed by atoms with Gasteiger partial charge in [0.15, 0.2) is 0 Å². The highest BCUT2D eigenvalue weighted by molar-refractivity contribution is 8.00. The molecule has 1 atom stereocenters. The predicted octanol–water partition coefficient (Wildman–Crippen LogP) is 2.51. The number of rotatable bonds is 5. The van der Waals surface area contributed by atoms with Gasteiger partial charge in [0, 0.05) is 22.5 Å². The van der Waals surface area contributed by atoms with Gasteiger partial charge < -0.3 is 10.7 Å². The van der Waals surface area contributed by atoms with Gasteiger partial charge in [0.05, 0.1) is 0 Å². The number of anilines is 1. The first-order valence-corrected chi connectivity index (χ1v) is 8.33. The van der Waals surface area contributed by atoms with Gasteiger partial charge in [0.25, 0.3) is 5.91 Å². The van der Waals surface area contributed by atoms with Crippen LogP contribution in [0.3, 0.4) is 0 Å². The smallest absolute Gasteiger partial charge is 0.251 e. The van der Waals surface area contributed by atoms with Crippen molar-refractivity contribution in [2.75, 3.05) is 17.7 Å². The summed E-state index contributed by atoms with van der Waals surface area (Å²) in [6.07, 6.45) is 2.38. The van der Waals surface area contributed by atoms with Gasteiger partial charge in [-0.3, -0.25) is 4.79 Å². The first-order chi connectivity index (χ1) is 9.93. The van der Waals surface area contributed by atoms with Gasteiger partial charge in [-0.05, 0) is 43.6 Å². The van der Waals surface area contributed by atoms with Crippen LogP contribution < -0.4 is 16.6 Å². The molecule has 5 nitrogen and oxygen atoms in total. The Kier molecular flexibility index (Phi) is 5.11. The number of amides is 1. The molecular weight excluding hydrogens is 284 g/mol. The number of thioether (sulfide) groups is 1. The summed E-state index contributed by atoms with van der Waals surface area (Å²) in [5.74, 6) is 7.31. The molecule has 4 N–H and O–H groups in total. The van der Waals surface area contributed by atoms with Gasteiger partial charge in [-0.25, -0.2) is 10.8 Å². The van der Waals surface area contributed by atoms with Crippen LogP contribution in [0.15, 0.2) is 12.1 Å². The van der Waals surface area contributed by atoms with E-state index in [4.69, 9.17) is 5.84 Å². The van der Waals surface area contributed by atoms with E-state index >= 15 is 0 Å². The Hall–Kier alpha value is -1.27. The molecule has 0 saturated carbocycles. The van der Waals surface area contributed by atoms with Gasteiger partial charge in [0.2, 0.25) is 0 Å². The maximum Gasteiger partial charge on any atom is 0.251 e. The maximum absolute atomic E-state index is 12.4. The first-order valence-electron chi connectivity index (χ1n) is 7.34. The standard InChI is InChI=1S/C15H24N4OS/c1-10(2)12-7-11(8-13(18-12)19-16)14(20)17-9-15(3)5-4-6-21-15/h7-8,10H,4-6,9,16H2,1-3H3,(H,17,20)(H,18,19). The van der Waals surface area contributed by atoms with Crippen LogP contribution in [0.2, 0.25) is 0 Å². The second-order valence-electron chi connectivity index (χ2n) is 6.05. The highest BCUT2D eigenvalue weighted by Gasteiger charge is 2.29. The van der Waals surface area contributed by atoms with Crippen molar-refractivity contribution >= 4 is 23.5 Å². The van der Waals surface area contributed by atoms with E-state index < -0.39 is 0 Å². The fraction of sp³-hybridized carbons (Fsp3) is 0.600. The van der Waals surface area contributed by atoms with Crippen molar-refractivity contribution in [3.63, 3.8) is 0 Å². The lowest BCUT2D eigenvalue weighted by molar-refractivity contribution is 0.0949. The number of nitrogens with two attached hydrogens (primary N) is 1. The molecule has 21 heavy (non-hydrogen) atoms. The molecule has 1 saturated heterocycles. The summed E-state index contributed by atoms with van der Waals surface area (Å²) in [6.45, 7) is 6.99. The number of nitrogens with one attached hydrogen (secondary N) is 2. The summed E-state index contributed by atoms with van der Waals surface area (Å²) in [5, 5.41) is 3.04. The Bertz CT molecular complexity index is 512. The van der Waals surface area contributed by atoms with Crippen molar-refractivity contribution in [2.24, 2.45) is 5.84 Å². The van der Waals surface area contributed by atoms with Crippen LogP contribution in [0.5, 0.6) is 0 Å². The van der Waals surface area contributed by atoms with Crippen molar-refractivity contribution in [1.29, 1.82) is 0 Å². The lowest BCUT2D eigenvalue weighted by Gasteiger charge is -2.23. The molecule has 0 bridgehead atoms. The fourth-order valence-electron chi connectivity index (χ4n) is 2.40. The zero-order valence-corrected chi connectivity index (χ0v) is 13.7. The van der Waals surface area contributed by atoms with E-state index in [0.717, 1.165) is 12.1 Å². The zero-order chi connectivity index (χ0) is 15.5. The van der Waals surface area contributed by atoms with Crippen LogP contribution in [0.25, 0.3) is 0 Å². The number of aromatic nitrogens is 1. The third-order valence-electron chi connectivity index (χ3n) is 3.77. The minimum atomic E-state index is -0.0653. The molecule has 116 valence electrons. The minimum Gasteiger partial charge on any atom is -0.351 e. The molecule has 1 aliphatic heterocycles. The number of hydrogen-bond acceptors (Lipinski definition) is 5. The first kappa shape index (κ1) is 16.1. The Balaban J connectivity index is 2.09. The van der Waals surface area contributed by atoms with Gasteiger partial charge in [-0.15, -0.1) is 0 Å². The second kappa shape index (κ2) is 6.66. The Morgan fingerprint density at radius 2 is 2.29 bits per heavy atom. The normalized spacial score (nSPS) is 21.6. The molecule has 1 aromatic rings. The number of pyridine rings is 1. The number of carbonyl (C=O) groups is 1. The van der Waals surface area contributed by atoms with Gasteiger partial charge in [0.1, 0.15) is 5.82 Å². The summed E-state index contributed by atoms with van der Waals surface area (Å²) in [4.78, 5) is 16.7. The predicted molar refractivity (Wildman–Crippen MR) is 88.6 cm³/mol. The lowest BCUT2D eigenvalue weighted by atomic mass is 10.0. The average molecular weight is 308 g/mol. The third kappa shape index (κ3) is 4.11. The molecule has 1 aliphatic rings. The van der Waals surface area contributed by atoms with E-state index in [9.17, 15) is 4.79 Å². The molecular formula is C15H24N4OS. The van der Waals surface area contributed by atoms with Gasteiger partial charge in [-0.2, -0.15) is 11.8 Å². The Labute approximate surface area is 130 Å². The molecule has 1 aromatic heterocycles. The van der Waals surface area contributed by atoms with Gasteiger partial charge >= 0.3 is 0 Å². The summed E-state index contributed by atoms with van der Waals surface area (Å²) in [6, 6.07) is 3.52. The number of hydrogen-bond donors (Lipinski definition) is 3. The molecule has 6 heteroatoms. The van der Waals surface area contributed by atoms with Crippen LogP contribution in [0, 0.1) is 0 Å². The zero-order valence-electron chi connectivity index (χ0n) is 12.9. The second-order valence-corrected chi connectivity index (χ2v) is 7.73. The number of nitrogens with zero attached hydrogens (tertiary/aromatic N) is 1. The molecule has 0 radical (unpaired) electrons. The van der Waals surface area contributed by atoms with E-state index in [1.54, 1.807) is 6.07 Å². The topological polar surface area (TPSA) is 80.0 Å². The Morgan fingerprint density at radius 3 is 2.86 bits per heavy atom. The molecule has 0 aromatic carbocycles. The summed E-state index contributed by atoms with van der Waals surface area (Å²) >= 11 is 1.94. The van der Waals surface area contributed by atoms with Crippen LogP contribution in [0.4, 0.5) is 5.82 Å². The molecule has 0 aliphatic carbocycles. The highest BCUT2D eigenvalue weighted by Crippen LogP contribution is 2.37. The fourth-order valence-corrected chi connectivity index (χ4v) is 3.64. The SMILES string of the molecule is CC(C)c1cc(C(=O)NCC2(C)CCCS2)cc(NN)n1.